The summed E-state index contributed by atoms with van der Waals surface area (Å²) >= 11 is 0. The summed E-state index contributed by atoms with van der Waals surface area (Å²) in [5.74, 6) is 0.221. The Kier molecular flexibility index (Phi) is 6.28. The second-order valence-corrected chi connectivity index (χ2v) is 6.53. The molecule has 1 saturated carbocycles. The highest BCUT2D eigenvalue weighted by atomic mass is 16.1. The maximum absolute atomic E-state index is 12.1. The van der Waals surface area contributed by atoms with Crippen molar-refractivity contribution >= 4 is 5.91 Å². The summed E-state index contributed by atoms with van der Waals surface area (Å²) in [5.41, 5.74) is 3.90. The molecule has 0 atom stereocenters. The molecule has 0 radical (unpaired) electrons. The lowest BCUT2D eigenvalue weighted by atomic mass is 9.96. The van der Waals surface area contributed by atoms with Crippen LogP contribution in [0.5, 0.6) is 0 Å². The fourth-order valence-electron chi connectivity index (χ4n) is 3.12. The minimum absolute atomic E-state index is 0.221. The predicted octanol–water partition coefficient (Wildman–Crippen LogP) is 4.47. The Bertz CT molecular complexity index is 459. The Hall–Kier alpha value is -1.31. The molecule has 2 heteroatoms. The van der Waals surface area contributed by atoms with Crippen molar-refractivity contribution in [3.63, 3.8) is 0 Å². The molecule has 1 aromatic rings. The standard InChI is InChI=1S/C19H29NO/c1-15-10-11-17(14-16(15)2)12-13-19(21)20-18-8-6-4-3-5-7-9-18/h10-11,14,18H,3-9,12-13H2,1-2H3,(H,20,21). The Morgan fingerprint density at radius 1 is 1.05 bits per heavy atom. The molecule has 0 heterocycles. The largest absolute Gasteiger partial charge is 0.353 e. The van der Waals surface area contributed by atoms with Crippen LogP contribution in [0.4, 0.5) is 0 Å². The number of aryl methyl sites for hydroxylation is 3. The second-order valence-electron chi connectivity index (χ2n) is 6.53. The van der Waals surface area contributed by atoms with Crippen LogP contribution in [0.1, 0.15) is 68.1 Å². The Balaban J connectivity index is 1.76. The highest BCUT2D eigenvalue weighted by molar-refractivity contribution is 5.76. The van der Waals surface area contributed by atoms with E-state index in [0.29, 0.717) is 12.5 Å². The summed E-state index contributed by atoms with van der Waals surface area (Å²) in [4.78, 5) is 12.1. The molecule has 21 heavy (non-hydrogen) atoms. The predicted molar refractivity (Wildman–Crippen MR) is 88.5 cm³/mol. The lowest BCUT2D eigenvalue weighted by Gasteiger charge is -2.21. The molecule has 1 amide bonds. The number of hydrogen-bond donors (Lipinski definition) is 1. The first-order valence-corrected chi connectivity index (χ1v) is 8.50. The Morgan fingerprint density at radius 3 is 2.38 bits per heavy atom. The van der Waals surface area contributed by atoms with Gasteiger partial charge in [-0.15, -0.1) is 0 Å². The van der Waals surface area contributed by atoms with Crippen molar-refractivity contribution < 1.29 is 4.79 Å². The first kappa shape index (κ1) is 16.1. The van der Waals surface area contributed by atoms with Crippen molar-refractivity contribution in [1.82, 2.24) is 5.32 Å². The lowest BCUT2D eigenvalue weighted by molar-refractivity contribution is -0.121. The number of carbonyl (C=O) groups is 1. The van der Waals surface area contributed by atoms with E-state index in [1.807, 2.05) is 0 Å². The fourth-order valence-corrected chi connectivity index (χ4v) is 3.12. The number of rotatable bonds is 4. The molecular weight excluding hydrogens is 258 g/mol. The van der Waals surface area contributed by atoms with Gasteiger partial charge in [0, 0.05) is 12.5 Å². The number of carbonyl (C=O) groups excluding carboxylic acids is 1. The summed E-state index contributed by atoms with van der Waals surface area (Å²) < 4.78 is 0. The van der Waals surface area contributed by atoms with Gasteiger partial charge < -0.3 is 5.32 Å². The first-order chi connectivity index (χ1) is 10.1. The van der Waals surface area contributed by atoms with Gasteiger partial charge in [-0.2, -0.15) is 0 Å². The maximum Gasteiger partial charge on any atom is 0.220 e. The van der Waals surface area contributed by atoms with E-state index in [2.05, 4.69) is 37.4 Å². The zero-order valence-electron chi connectivity index (χ0n) is 13.6. The number of amides is 1. The van der Waals surface area contributed by atoms with Crippen LogP contribution in [0.2, 0.25) is 0 Å². The lowest BCUT2D eigenvalue weighted by Crippen LogP contribution is -2.35. The van der Waals surface area contributed by atoms with E-state index < -0.39 is 0 Å². The van der Waals surface area contributed by atoms with Crippen LogP contribution in [-0.4, -0.2) is 11.9 Å². The average molecular weight is 287 g/mol. The van der Waals surface area contributed by atoms with Gasteiger partial charge in [0.05, 0.1) is 0 Å². The van der Waals surface area contributed by atoms with Gasteiger partial charge in [-0.25, -0.2) is 0 Å². The quantitative estimate of drug-likeness (QED) is 0.870. The van der Waals surface area contributed by atoms with Gasteiger partial charge in [0.15, 0.2) is 0 Å². The van der Waals surface area contributed by atoms with Crippen LogP contribution in [-0.2, 0) is 11.2 Å². The monoisotopic (exact) mass is 287 g/mol. The van der Waals surface area contributed by atoms with Gasteiger partial charge in [0.1, 0.15) is 0 Å². The third kappa shape index (κ3) is 5.53. The SMILES string of the molecule is Cc1ccc(CCC(=O)NC2CCCCCCC2)cc1C. The minimum Gasteiger partial charge on any atom is -0.353 e. The smallest absolute Gasteiger partial charge is 0.220 e. The molecule has 0 aliphatic heterocycles. The van der Waals surface area contributed by atoms with Crippen molar-refractivity contribution in [1.29, 1.82) is 0 Å². The van der Waals surface area contributed by atoms with Crippen LogP contribution in [0.3, 0.4) is 0 Å². The number of benzene rings is 1. The zero-order chi connectivity index (χ0) is 15.1. The first-order valence-electron chi connectivity index (χ1n) is 8.50. The summed E-state index contributed by atoms with van der Waals surface area (Å²) in [7, 11) is 0. The molecule has 0 saturated heterocycles. The van der Waals surface area contributed by atoms with E-state index in [9.17, 15) is 4.79 Å². The maximum atomic E-state index is 12.1. The van der Waals surface area contributed by atoms with E-state index in [1.165, 1.54) is 48.8 Å². The highest BCUT2D eigenvalue weighted by Crippen LogP contribution is 2.17. The van der Waals surface area contributed by atoms with E-state index in [0.717, 1.165) is 19.3 Å². The van der Waals surface area contributed by atoms with Gasteiger partial charge >= 0.3 is 0 Å². The van der Waals surface area contributed by atoms with Crippen molar-refractivity contribution in [3.8, 4) is 0 Å². The average Bonchev–Trinajstić information content (AvgIpc) is 2.43. The van der Waals surface area contributed by atoms with E-state index in [-0.39, 0.29) is 5.91 Å². The van der Waals surface area contributed by atoms with Gasteiger partial charge in [0.25, 0.3) is 0 Å². The fraction of sp³-hybridized carbons (Fsp3) is 0.632. The summed E-state index contributed by atoms with van der Waals surface area (Å²) in [6, 6.07) is 6.92. The normalized spacial score (nSPS) is 17.0. The number of hydrogen-bond acceptors (Lipinski definition) is 1. The Morgan fingerprint density at radius 2 is 1.71 bits per heavy atom. The van der Waals surface area contributed by atoms with Crippen molar-refractivity contribution in [3.05, 3.63) is 34.9 Å². The van der Waals surface area contributed by atoms with Gasteiger partial charge in [-0.1, -0.05) is 50.3 Å². The molecule has 0 aromatic heterocycles. The van der Waals surface area contributed by atoms with Crippen LogP contribution in [0, 0.1) is 13.8 Å². The molecule has 1 N–H and O–H groups in total. The van der Waals surface area contributed by atoms with Crippen LogP contribution in [0.25, 0.3) is 0 Å². The topological polar surface area (TPSA) is 29.1 Å². The number of nitrogens with one attached hydrogen (secondary N) is 1. The molecule has 2 rings (SSSR count). The minimum atomic E-state index is 0.221. The van der Waals surface area contributed by atoms with Gasteiger partial charge in [0.2, 0.25) is 5.91 Å². The molecule has 116 valence electrons. The van der Waals surface area contributed by atoms with E-state index in [4.69, 9.17) is 0 Å². The molecule has 1 aliphatic rings. The van der Waals surface area contributed by atoms with Crippen LogP contribution >= 0.6 is 0 Å². The van der Waals surface area contributed by atoms with Crippen LogP contribution < -0.4 is 5.32 Å². The highest BCUT2D eigenvalue weighted by Gasteiger charge is 2.13. The molecule has 0 unspecified atom stereocenters. The third-order valence-electron chi connectivity index (χ3n) is 4.68. The zero-order valence-corrected chi connectivity index (χ0v) is 13.6. The van der Waals surface area contributed by atoms with Crippen molar-refractivity contribution in [2.24, 2.45) is 0 Å². The van der Waals surface area contributed by atoms with Crippen LogP contribution in [0.15, 0.2) is 18.2 Å². The van der Waals surface area contributed by atoms with Crippen molar-refractivity contribution in [2.45, 2.75) is 77.7 Å². The Labute approximate surface area is 129 Å². The molecule has 1 aromatic carbocycles. The molecule has 0 bridgehead atoms. The summed E-state index contributed by atoms with van der Waals surface area (Å²) in [5, 5.41) is 3.24. The molecule has 1 fully saturated rings. The van der Waals surface area contributed by atoms with E-state index in [1.54, 1.807) is 0 Å². The second kappa shape index (κ2) is 8.21. The summed E-state index contributed by atoms with van der Waals surface area (Å²) in [6.45, 7) is 4.26. The molecule has 1 aliphatic carbocycles. The molecular formula is C19H29NO. The van der Waals surface area contributed by atoms with Crippen molar-refractivity contribution in [2.75, 3.05) is 0 Å². The van der Waals surface area contributed by atoms with E-state index >= 15 is 0 Å². The van der Waals surface area contributed by atoms with Gasteiger partial charge in [-0.3, -0.25) is 4.79 Å². The molecule has 0 spiro atoms. The molecule has 2 nitrogen and oxygen atoms in total. The summed E-state index contributed by atoms with van der Waals surface area (Å²) in [6.07, 6.45) is 10.3. The van der Waals surface area contributed by atoms with Gasteiger partial charge in [-0.05, 0) is 49.8 Å². The third-order valence-corrected chi connectivity index (χ3v) is 4.68.